The molecule has 0 bridgehead atoms. The highest BCUT2D eigenvalue weighted by Gasteiger charge is 2.23. The Bertz CT molecular complexity index is 567. The maximum Gasteiger partial charge on any atom is 0.127 e. The van der Waals surface area contributed by atoms with Crippen LogP contribution in [0, 0.1) is 12.8 Å². The lowest BCUT2D eigenvalue weighted by molar-refractivity contribution is 0.585. The highest BCUT2D eigenvalue weighted by Crippen LogP contribution is 2.34. The first-order valence-electron chi connectivity index (χ1n) is 6.76. The fourth-order valence-electron chi connectivity index (χ4n) is 2.63. The Morgan fingerprint density at radius 1 is 1.44 bits per heavy atom. The number of halogens is 1. The van der Waals surface area contributed by atoms with Crippen LogP contribution in [0.1, 0.15) is 43.0 Å². The minimum atomic E-state index is -0.0315. The van der Waals surface area contributed by atoms with Crippen molar-refractivity contribution in [3.8, 4) is 0 Å². The third-order valence-electron chi connectivity index (χ3n) is 3.81. The Morgan fingerprint density at radius 3 is 2.89 bits per heavy atom. The number of fused-ring (bicyclic) bond motifs is 1. The second-order valence-electron chi connectivity index (χ2n) is 5.41. The summed E-state index contributed by atoms with van der Waals surface area (Å²) in [7, 11) is 0. The summed E-state index contributed by atoms with van der Waals surface area (Å²) < 4.78 is 2.33. The van der Waals surface area contributed by atoms with Gasteiger partial charge in [-0.1, -0.05) is 25.0 Å². The molecule has 0 aliphatic heterocycles. The molecule has 0 spiro atoms. The van der Waals surface area contributed by atoms with Gasteiger partial charge in [0.2, 0.25) is 0 Å². The van der Waals surface area contributed by atoms with E-state index in [9.17, 15) is 0 Å². The van der Waals surface area contributed by atoms with Gasteiger partial charge >= 0.3 is 0 Å². The van der Waals surface area contributed by atoms with Crippen molar-refractivity contribution >= 4 is 22.6 Å². The van der Waals surface area contributed by atoms with E-state index in [-0.39, 0.29) is 5.38 Å². The van der Waals surface area contributed by atoms with E-state index in [1.807, 2.05) is 6.92 Å². The molecule has 1 aromatic heterocycles. The molecular weight excluding hydrogens is 244 g/mol. The molecule has 1 aliphatic rings. The number of benzene rings is 1. The van der Waals surface area contributed by atoms with E-state index in [0.717, 1.165) is 23.8 Å². The molecule has 1 aliphatic carbocycles. The van der Waals surface area contributed by atoms with Crippen LogP contribution in [0.4, 0.5) is 0 Å². The van der Waals surface area contributed by atoms with Gasteiger partial charge in [-0.15, -0.1) is 11.6 Å². The largest absolute Gasteiger partial charge is 0.327 e. The summed E-state index contributed by atoms with van der Waals surface area (Å²) in [5, 5.41) is -0.0315. The van der Waals surface area contributed by atoms with E-state index in [1.165, 1.54) is 30.3 Å². The van der Waals surface area contributed by atoms with Crippen LogP contribution in [0.2, 0.25) is 0 Å². The number of hydrogen-bond donors (Lipinski definition) is 0. The fraction of sp³-hybridized carbons (Fsp3) is 0.533. The van der Waals surface area contributed by atoms with Crippen molar-refractivity contribution in [2.24, 2.45) is 5.92 Å². The molecule has 3 heteroatoms. The zero-order valence-corrected chi connectivity index (χ0v) is 11.7. The fourth-order valence-corrected chi connectivity index (χ4v) is 2.80. The smallest absolute Gasteiger partial charge is 0.127 e. The molecule has 1 aromatic carbocycles. The van der Waals surface area contributed by atoms with Crippen molar-refractivity contribution in [2.45, 2.75) is 45.0 Å². The van der Waals surface area contributed by atoms with Crippen molar-refractivity contribution in [3.63, 3.8) is 0 Å². The number of imidazole rings is 1. The van der Waals surface area contributed by atoms with Gasteiger partial charge in [0.1, 0.15) is 5.82 Å². The highest BCUT2D eigenvalue weighted by molar-refractivity contribution is 6.20. The molecule has 1 heterocycles. The molecule has 0 radical (unpaired) electrons. The second kappa shape index (κ2) is 4.58. The van der Waals surface area contributed by atoms with Crippen LogP contribution >= 0.6 is 11.6 Å². The topological polar surface area (TPSA) is 17.8 Å². The molecule has 18 heavy (non-hydrogen) atoms. The molecule has 2 aromatic rings. The number of para-hydroxylation sites is 1. The van der Waals surface area contributed by atoms with Gasteiger partial charge in [0.25, 0.3) is 0 Å². The third kappa shape index (κ3) is 2.14. The summed E-state index contributed by atoms with van der Waals surface area (Å²) in [5.74, 6) is 1.95. The number of alkyl halides is 1. The van der Waals surface area contributed by atoms with E-state index in [4.69, 9.17) is 16.6 Å². The maximum absolute atomic E-state index is 6.28. The van der Waals surface area contributed by atoms with Gasteiger partial charge in [0.05, 0.1) is 16.4 Å². The van der Waals surface area contributed by atoms with Crippen LogP contribution in [0.3, 0.4) is 0 Å². The van der Waals surface area contributed by atoms with Gasteiger partial charge in [-0.25, -0.2) is 4.98 Å². The Kier molecular flexibility index (Phi) is 3.06. The molecule has 1 saturated carbocycles. The molecule has 3 rings (SSSR count). The first kappa shape index (κ1) is 12.0. The van der Waals surface area contributed by atoms with Crippen LogP contribution < -0.4 is 0 Å². The number of aromatic nitrogens is 2. The summed E-state index contributed by atoms with van der Waals surface area (Å²) in [6, 6.07) is 6.30. The Labute approximate surface area is 113 Å². The minimum absolute atomic E-state index is 0.0315. The Balaban J connectivity index is 2.07. The van der Waals surface area contributed by atoms with Crippen LogP contribution in [-0.4, -0.2) is 9.55 Å². The number of aryl methyl sites for hydroxylation is 2. The minimum Gasteiger partial charge on any atom is -0.327 e. The first-order chi connectivity index (χ1) is 8.66. The first-order valence-corrected chi connectivity index (χ1v) is 7.20. The molecule has 2 nitrogen and oxygen atoms in total. The predicted molar refractivity (Wildman–Crippen MR) is 76.1 cm³/mol. The second-order valence-corrected chi connectivity index (χ2v) is 6.07. The quantitative estimate of drug-likeness (QED) is 0.745. The molecule has 96 valence electrons. The van der Waals surface area contributed by atoms with Gasteiger partial charge in [-0.3, -0.25) is 0 Å². The average molecular weight is 263 g/mol. The van der Waals surface area contributed by atoms with E-state index >= 15 is 0 Å². The summed E-state index contributed by atoms with van der Waals surface area (Å²) in [4.78, 5) is 4.70. The third-order valence-corrected chi connectivity index (χ3v) is 4.01. The zero-order valence-electron chi connectivity index (χ0n) is 11.0. The summed E-state index contributed by atoms with van der Waals surface area (Å²) in [6.07, 6.45) is 4.06. The van der Waals surface area contributed by atoms with Gasteiger partial charge in [-0.05, 0) is 37.8 Å². The lowest BCUT2D eigenvalue weighted by Crippen LogP contribution is -2.06. The molecular formula is C15H19ClN2. The average Bonchev–Trinajstić information content (AvgIpc) is 3.07. The van der Waals surface area contributed by atoms with Crippen LogP contribution in [0.25, 0.3) is 11.0 Å². The van der Waals surface area contributed by atoms with Crippen LogP contribution in [0.5, 0.6) is 0 Å². The Hall–Kier alpha value is -1.02. The molecule has 1 unspecified atom stereocenters. The number of rotatable bonds is 4. The lowest BCUT2D eigenvalue weighted by Gasteiger charge is -2.11. The Morgan fingerprint density at radius 2 is 2.22 bits per heavy atom. The monoisotopic (exact) mass is 262 g/mol. The van der Waals surface area contributed by atoms with Crippen molar-refractivity contribution in [2.75, 3.05) is 0 Å². The van der Waals surface area contributed by atoms with E-state index in [2.05, 4.69) is 29.7 Å². The van der Waals surface area contributed by atoms with E-state index in [1.54, 1.807) is 0 Å². The van der Waals surface area contributed by atoms with E-state index < -0.39 is 0 Å². The molecule has 1 atom stereocenters. The SMILES string of the molecule is Cc1cccc2nc(C(C)Cl)n(CCC3CC3)c12. The van der Waals surface area contributed by atoms with Gasteiger partial charge in [0, 0.05) is 6.54 Å². The van der Waals surface area contributed by atoms with Crippen molar-refractivity contribution in [1.82, 2.24) is 9.55 Å². The summed E-state index contributed by atoms with van der Waals surface area (Å²) in [6.45, 7) is 5.21. The maximum atomic E-state index is 6.28. The standard InChI is InChI=1S/C15H19ClN2/c1-10-4-3-5-13-14(10)18(9-8-12-6-7-12)15(17-13)11(2)16/h3-5,11-12H,6-9H2,1-2H3. The number of nitrogens with zero attached hydrogens (tertiary/aromatic N) is 2. The summed E-state index contributed by atoms with van der Waals surface area (Å²) in [5.41, 5.74) is 3.63. The van der Waals surface area contributed by atoms with Gasteiger partial charge < -0.3 is 4.57 Å². The van der Waals surface area contributed by atoms with Crippen LogP contribution in [0.15, 0.2) is 18.2 Å². The highest BCUT2D eigenvalue weighted by atomic mass is 35.5. The lowest BCUT2D eigenvalue weighted by atomic mass is 10.2. The van der Waals surface area contributed by atoms with Gasteiger partial charge in [-0.2, -0.15) is 0 Å². The van der Waals surface area contributed by atoms with Crippen LogP contribution in [-0.2, 0) is 6.54 Å². The van der Waals surface area contributed by atoms with Crippen molar-refractivity contribution in [1.29, 1.82) is 0 Å². The predicted octanol–water partition coefficient (Wildman–Crippen LogP) is 4.44. The molecule has 0 amide bonds. The molecule has 0 N–H and O–H groups in total. The summed E-state index contributed by atoms with van der Waals surface area (Å²) >= 11 is 6.28. The van der Waals surface area contributed by atoms with E-state index in [0.29, 0.717) is 0 Å². The van der Waals surface area contributed by atoms with Crippen molar-refractivity contribution < 1.29 is 0 Å². The zero-order chi connectivity index (χ0) is 12.7. The molecule has 1 fully saturated rings. The van der Waals surface area contributed by atoms with Crippen molar-refractivity contribution in [3.05, 3.63) is 29.6 Å². The number of hydrogen-bond acceptors (Lipinski definition) is 1. The van der Waals surface area contributed by atoms with Gasteiger partial charge in [0.15, 0.2) is 0 Å². The molecule has 0 saturated heterocycles. The normalized spacial score (nSPS) is 17.3.